The molecule has 0 aliphatic carbocycles. The number of nitrogens with zero attached hydrogens (tertiary/aromatic N) is 1. The van der Waals surface area contributed by atoms with E-state index in [1.807, 2.05) is 30.3 Å². The number of ether oxygens (including phenoxy) is 2. The van der Waals surface area contributed by atoms with Crippen molar-refractivity contribution in [3.63, 3.8) is 0 Å². The van der Waals surface area contributed by atoms with Crippen LogP contribution in [0.25, 0.3) is 0 Å². The summed E-state index contributed by atoms with van der Waals surface area (Å²) in [7, 11) is 1.31. The van der Waals surface area contributed by atoms with Crippen molar-refractivity contribution in [2.75, 3.05) is 25.2 Å². The highest BCUT2D eigenvalue weighted by Gasteiger charge is 2.49. The maximum absolute atomic E-state index is 12.9. The third-order valence-corrected chi connectivity index (χ3v) is 5.01. The molecule has 1 saturated heterocycles. The topological polar surface area (TPSA) is 38.8 Å². The Kier molecular flexibility index (Phi) is 5.93. The lowest BCUT2D eigenvalue weighted by Crippen LogP contribution is -2.55. The second-order valence-electron chi connectivity index (χ2n) is 6.80. The fraction of sp³-hybridized carbons (Fsp3) is 0.381. The molecule has 0 N–H and O–H groups in total. The van der Waals surface area contributed by atoms with Gasteiger partial charge in [-0.05, 0) is 42.7 Å². The minimum atomic E-state index is -4.40. The number of rotatable bonds is 6. The molecule has 0 saturated carbocycles. The van der Waals surface area contributed by atoms with Gasteiger partial charge in [0.15, 0.2) is 5.54 Å². The lowest BCUT2D eigenvalue weighted by atomic mass is 9.96. The predicted molar refractivity (Wildman–Crippen MR) is 98.9 cm³/mol. The molecule has 150 valence electrons. The molecule has 28 heavy (non-hydrogen) atoms. The Morgan fingerprint density at radius 2 is 1.79 bits per heavy atom. The van der Waals surface area contributed by atoms with Crippen molar-refractivity contribution in [1.29, 1.82) is 0 Å². The van der Waals surface area contributed by atoms with E-state index >= 15 is 0 Å². The van der Waals surface area contributed by atoms with E-state index in [1.165, 1.54) is 19.2 Å². The molecule has 3 rings (SSSR count). The van der Waals surface area contributed by atoms with Crippen LogP contribution in [0.5, 0.6) is 0 Å². The molecule has 0 spiro atoms. The smallest absolute Gasteiger partial charge is 0.416 e. The van der Waals surface area contributed by atoms with Gasteiger partial charge in [0.25, 0.3) is 0 Å². The largest absolute Gasteiger partial charge is 0.467 e. The number of carbonyl (C=O) groups excluding carboxylic acids is 1. The summed E-state index contributed by atoms with van der Waals surface area (Å²) in [5.74, 6) is -0.446. The number of benzene rings is 2. The van der Waals surface area contributed by atoms with Gasteiger partial charge >= 0.3 is 12.1 Å². The van der Waals surface area contributed by atoms with Crippen LogP contribution in [0.15, 0.2) is 54.6 Å². The van der Waals surface area contributed by atoms with Crippen molar-refractivity contribution in [2.45, 2.75) is 31.2 Å². The molecular formula is C21H22F3NO3. The van der Waals surface area contributed by atoms with Crippen LogP contribution in [0.3, 0.4) is 0 Å². The molecule has 7 heteroatoms. The number of esters is 1. The van der Waals surface area contributed by atoms with E-state index in [0.717, 1.165) is 17.7 Å². The average molecular weight is 393 g/mol. The molecule has 4 nitrogen and oxygen atoms in total. The Hall–Kier alpha value is -2.54. The maximum Gasteiger partial charge on any atom is 0.416 e. The van der Waals surface area contributed by atoms with Crippen molar-refractivity contribution >= 4 is 11.7 Å². The number of alkyl halides is 3. The highest BCUT2D eigenvalue weighted by Crippen LogP contribution is 2.37. The summed E-state index contributed by atoms with van der Waals surface area (Å²) in [5.41, 5.74) is -0.260. The van der Waals surface area contributed by atoms with Crippen LogP contribution in [0, 0.1) is 0 Å². The monoisotopic (exact) mass is 393 g/mol. The summed E-state index contributed by atoms with van der Waals surface area (Å²) in [4.78, 5) is 14.5. The van der Waals surface area contributed by atoms with Crippen molar-refractivity contribution in [3.05, 3.63) is 65.7 Å². The summed E-state index contributed by atoms with van der Waals surface area (Å²) in [6, 6.07) is 14.4. The highest BCUT2D eigenvalue weighted by molar-refractivity contribution is 5.86. The second-order valence-corrected chi connectivity index (χ2v) is 6.80. The molecule has 0 aromatic heterocycles. The van der Waals surface area contributed by atoms with Gasteiger partial charge in [0.1, 0.15) is 0 Å². The van der Waals surface area contributed by atoms with Crippen LogP contribution in [-0.2, 0) is 27.1 Å². The highest BCUT2D eigenvalue weighted by atomic mass is 19.4. The predicted octanol–water partition coefficient (Wildman–Crippen LogP) is 4.43. The molecule has 1 fully saturated rings. The number of methoxy groups -OCH3 is 1. The Labute approximate surface area is 161 Å². The van der Waals surface area contributed by atoms with Gasteiger partial charge in [0.2, 0.25) is 0 Å². The van der Waals surface area contributed by atoms with E-state index in [0.29, 0.717) is 31.7 Å². The number of halogens is 3. The first-order valence-corrected chi connectivity index (χ1v) is 9.02. The molecule has 1 aliphatic rings. The Bertz CT molecular complexity index is 793. The normalized spacial score (nSPS) is 19.6. The SMILES string of the molecule is COC(=O)[C@]1(COCc2ccccc2)CCCN1c1ccc(C(F)(F)F)cc1. The molecule has 0 amide bonds. The lowest BCUT2D eigenvalue weighted by Gasteiger charge is -2.37. The maximum atomic E-state index is 12.9. The van der Waals surface area contributed by atoms with Crippen LogP contribution in [-0.4, -0.2) is 31.8 Å². The molecule has 1 heterocycles. The number of hydrogen-bond donors (Lipinski definition) is 0. The van der Waals surface area contributed by atoms with Crippen molar-refractivity contribution < 1.29 is 27.4 Å². The van der Waals surface area contributed by atoms with Crippen molar-refractivity contribution in [2.24, 2.45) is 0 Å². The third-order valence-electron chi connectivity index (χ3n) is 5.01. The fourth-order valence-corrected chi connectivity index (χ4v) is 3.61. The van der Waals surface area contributed by atoms with Crippen molar-refractivity contribution in [3.8, 4) is 0 Å². The van der Waals surface area contributed by atoms with E-state index in [9.17, 15) is 18.0 Å². The summed E-state index contributed by atoms with van der Waals surface area (Å²) >= 11 is 0. The molecule has 1 aliphatic heterocycles. The van der Waals surface area contributed by atoms with Crippen LogP contribution in [0.1, 0.15) is 24.0 Å². The first-order valence-electron chi connectivity index (χ1n) is 9.02. The Morgan fingerprint density at radius 3 is 2.39 bits per heavy atom. The van der Waals surface area contributed by atoms with E-state index in [1.54, 1.807) is 4.90 Å². The second kappa shape index (κ2) is 8.22. The number of carbonyl (C=O) groups is 1. The summed E-state index contributed by atoms with van der Waals surface area (Å²) in [5, 5.41) is 0. The zero-order valence-corrected chi connectivity index (χ0v) is 15.5. The lowest BCUT2D eigenvalue weighted by molar-refractivity contribution is -0.149. The van der Waals surface area contributed by atoms with E-state index in [2.05, 4.69) is 0 Å². The summed E-state index contributed by atoms with van der Waals surface area (Å²) < 4.78 is 49.4. The summed E-state index contributed by atoms with van der Waals surface area (Å²) in [6.45, 7) is 0.963. The number of anilines is 1. The fourth-order valence-electron chi connectivity index (χ4n) is 3.61. The third kappa shape index (κ3) is 4.14. The molecular weight excluding hydrogens is 371 g/mol. The Balaban J connectivity index is 1.81. The van der Waals surface area contributed by atoms with E-state index < -0.39 is 23.2 Å². The molecule has 0 radical (unpaired) electrons. The molecule has 0 bridgehead atoms. The molecule has 1 atom stereocenters. The van der Waals surface area contributed by atoms with Gasteiger partial charge in [-0.15, -0.1) is 0 Å². The van der Waals surface area contributed by atoms with E-state index in [4.69, 9.17) is 9.47 Å². The van der Waals surface area contributed by atoms with Crippen molar-refractivity contribution in [1.82, 2.24) is 0 Å². The minimum Gasteiger partial charge on any atom is -0.467 e. The number of hydrogen-bond acceptors (Lipinski definition) is 4. The Morgan fingerprint density at radius 1 is 1.11 bits per heavy atom. The summed E-state index contributed by atoms with van der Waals surface area (Å²) in [6.07, 6.45) is -3.18. The quantitative estimate of drug-likeness (QED) is 0.681. The van der Waals surface area contributed by atoms with Gasteiger partial charge in [-0.1, -0.05) is 30.3 Å². The first kappa shape index (κ1) is 20.2. The van der Waals surface area contributed by atoms with Gasteiger partial charge in [-0.3, -0.25) is 0 Å². The average Bonchev–Trinajstić information content (AvgIpc) is 3.12. The van der Waals surface area contributed by atoms with Gasteiger partial charge in [0.05, 0.1) is 25.9 Å². The van der Waals surface area contributed by atoms with Gasteiger partial charge in [-0.2, -0.15) is 13.2 Å². The van der Waals surface area contributed by atoms with E-state index in [-0.39, 0.29) is 6.61 Å². The van der Waals surface area contributed by atoms with Crippen LogP contribution in [0.4, 0.5) is 18.9 Å². The molecule has 0 unspecified atom stereocenters. The van der Waals surface area contributed by atoms with Gasteiger partial charge < -0.3 is 14.4 Å². The zero-order chi connectivity index (χ0) is 20.2. The van der Waals surface area contributed by atoms with Crippen LogP contribution < -0.4 is 4.90 Å². The molecule has 2 aromatic rings. The van der Waals surface area contributed by atoms with Gasteiger partial charge in [0, 0.05) is 12.2 Å². The van der Waals surface area contributed by atoms with Crippen LogP contribution in [0.2, 0.25) is 0 Å². The minimum absolute atomic E-state index is 0.0928. The zero-order valence-electron chi connectivity index (χ0n) is 15.5. The van der Waals surface area contributed by atoms with Crippen LogP contribution >= 0.6 is 0 Å². The molecule has 2 aromatic carbocycles. The van der Waals surface area contributed by atoms with Gasteiger partial charge in [-0.25, -0.2) is 4.79 Å². The first-order chi connectivity index (χ1) is 13.4. The standard InChI is InChI=1S/C21H22F3NO3/c1-27-19(26)20(15-28-14-16-6-3-2-4-7-16)12-5-13-25(20)18-10-8-17(9-11-18)21(22,23)24/h2-4,6-11H,5,12-15H2,1H3/t20-/m1/s1.